The van der Waals surface area contributed by atoms with Crippen molar-refractivity contribution in [3.63, 3.8) is 0 Å². The van der Waals surface area contributed by atoms with Crippen molar-refractivity contribution >= 4 is 5.82 Å². The molecule has 0 spiro atoms. The molecular formula is C12H11FN4. The van der Waals surface area contributed by atoms with Crippen molar-refractivity contribution in [1.82, 2.24) is 9.78 Å². The smallest absolute Gasteiger partial charge is 0.132 e. The van der Waals surface area contributed by atoms with Gasteiger partial charge in [0.25, 0.3) is 0 Å². The molecule has 0 atom stereocenters. The minimum absolute atomic E-state index is 0.322. The third-order valence-electron chi connectivity index (χ3n) is 2.40. The van der Waals surface area contributed by atoms with Crippen LogP contribution in [0.3, 0.4) is 0 Å². The fourth-order valence-electron chi connectivity index (χ4n) is 1.57. The van der Waals surface area contributed by atoms with E-state index in [9.17, 15) is 4.39 Å². The number of hydrogen-bond donors (Lipinski definition) is 1. The van der Waals surface area contributed by atoms with E-state index in [0.717, 1.165) is 0 Å². The van der Waals surface area contributed by atoms with Gasteiger partial charge in [0.15, 0.2) is 0 Å². The van der Waals surface area contributed by atoms with Crippen LogP contribution < -0.4 is 5.73 Å². The van der Waals surface area contributed by atoms with Crippen LogP contribution in [-0.2, 0) is 6.54 Å². The molecule has 2 N–H and O–H groups in total. The maximum Gasteiger partial charge on any atom is 0.132 e. The summed E-state index contributed by atoms with van der Waals surface area (Å²) in [5.41, 5.74) is 6.63. The lowest BCUT2D eigenvalue weighted by atomic mass is 10.1. The van der Waals surface area contributed by atoms with Gasteiger partial charge in [0.1, 0.15) is 11.6 Å². The van der Waals surface area contributed by atoms with Crippen LogP contribution in [0.2, 0.25) is 0 Å². The first kappa shape index (κ1) is 11.1. The van der Waals surface area contributed by atoms with Crippen molar-refractivity contribution in [2.75, 3.05) is 5.73 Å². The first-order valence-corrected chi connectivity index (χ1v) is 5.17. The highest BCUT2D eigenvalue weighted by atomic mass is 19.1. The Hall–Kier alpha value is -2.35. The summed E-state index contributed by atoms with van der Waals surface area (Å²) >= 11 is 0. The Bertz CT molecular complexity index is 568. The second-order valence-corrected chi connectivity index (χ2v) is 3.57. The van der Waals surface area contributed by atoms with Crippen molar-refractivity contribution in [1.29, 1.82) is 5.26 Å². The minimum Gasteiger partial charge on any atom is -0.384 e. The van der Waals surface area contributed by atoms with Gasteiger partial charge in [0, 0.05) is 11.6 Å². The summed E-state index contributed by atoms with van der Waals surface area (Å²) in [6.45, 7) is 0.413. The van der Waals surface area contributed by atoms with Crippen molar-refractivity contribution in [2.45, 2.75) is 13.0 Å². The number of nitriles is 1. The molecule has 0 amide bonds. The topological polar surface area (TPSA) is 67.6 Å². The van der Waals surface area contributed by atoms with E-state index < -0.39 is 0 Å². The summed E-state index contributed by atoms with van der Waals surface area (Å²) < 4.78 is 15.0. The summed E-state index contributed by atoms with van der Waals surface area (Å²) in [5, 5.41) is 12.7. The Labute approximate surface area is 98.1 Å². The molecule has 1 aromatic heterocycles. The molecule has 2 aromatic rings. The van der Waals surface area contributed by atoms with Gasteiger partial charge < -0.3 is 5.73 Å². The fourth-order valence-corrected chi connectivity index (χ4v) is 1.57. The lowest BCUT2D eigenvalue weighted by Crippen LogP contribution is -2.03. The van der Waals surface area contributed by atoms with Crippen LogP contribution in [0.4, 0.5) is 10.2 Å². The summed E-state index contributed by atoms with van der Waals surface area (Å²) in [4.78, 5) is 0. The maximum absolute atomic E-state index is 13.5. The summed E-state index contributed by atoms with van der Waals surface area (Å²) in [6.07, 6.45) is 0.322. The largest absolute Gasteiger partial charge is 0.384 e. The number of halogens is 1. The van der Waals surface area contributed by atoms with Gasteiger partial charge in [-0.05, 0) is 12.1 Å². The molecule has 86 valence electrons. The second-order valence-electron chi connectivity index (χ2n) is 3.57. The van der Waals surface area contributed by atoms with E-state index in [-0.39, 0.29) is 5.82 Å². The molecular weight excluding hydrogens is 219 g/mol. The number of anilines is 1. The van der Waals surface area contributed by atoms with Gasteiger partial charge in [-0.15, -0.1) is 0 Å². The maximum atomic E-state index is 13.5. The van der Waals surface area contributed by atoms with E-state index in [2.05, 4.69) is 5.10 Å². The number of rotatable bonds is 3. The zero-order chi connectivity index (χ0) is 12.3. The molecule has 0 unspecified atom stereocenters. The number of benzene rings is 1. The van der Waals surface area contributed by atoms with Crippen LogP contribution in [0.1, 0.15) is 6.42 Å². The molecule has 17 heavy (non-hydrogen) atoms. The van der Waals surface area contributed by atoms with Gasteiger partial charge >= 0.3 is 0 Å². The van der Waals surface area contributed by atoms with Gasteiger partial charge in [0.2, 0.25) is 0 Å². The first-order chi connectivity index (χ1) is 8.22. The Morgan fingerprint density at radius 3 is 2.88 bits per heavy atom. The van der Waals surface area contributed by atoms with Gasteiger partial charge in [-0.3, -0.25) is 0 Å². The van der Waals surface area contributed by atoms with Crippen LogP contribution in [-0.4, -0.2) is 9.78 Å². The van der Waals surface area contributed by atoms with Gasteiger partial charge in [-0.2, -0.15) is 10.4 Å². The monoisotopic (exact) mass is 230 g/mol. The molecule has 0 bridgehead atoms. The summed E-state index contributed by atoms with van der Waals surface area (Å²) in [6, 6.07) is 10.00. The van der Waals surface area contributed by atoms with Gasteiger partial charge in [0.05, 0.1) is 24.7 Å². The van der Waals surface area contributed by atoms with E-state index in [1.807, 2.05) is 6.07 Å². The van der Waals surface area contributed by atoms with E-state index in [4.69, 9.17) is 11.0 Å². The van der Waals surface area contributed by atoms with Crippen molar-refractivity contribution < 1.29 is 4.39 Å². The molecule has 0 fully saturated rings. The Kier molecular flexibility index (Phi) is 3.06. The molecule has 0 saturated carbocycles. The van der Waals surface area contributed by atoms with Crippen LogP contribution in [0, 0.1) is 17.1 Å². The number of nitrogens with zero attached hydrogens (tertiary/aromatic N) is 3. The number of hydrogen-bond acceptors (Lipinski definition) is 3. The minimum atomic E-state index is -0.336. The van der Waals surface area contributed by atoms with Crippen LogP contribution >= 0.6 is 0 Å². The van der Waals surface area contributed by atoms with Gasteiger partial charge in [-0.1, -0.05) is 12.1 Å². The number of nitrogens with two attached hydrogens (primary N) is 1. The van der Waals surface area contributed by atoms with Gasteiger partial charge in [-0.25, -0.2) is 9.07 Å². The number of nitrogen functional groups attached to an aromatic ring is 1. The second kappa shape index (κ2) is 4.66. The lowest BCUT2D eigenvalue weighted by molar-refractivity contribution is 0.623. The zero-order valence-electron chi connectivity index (χ0n) is 9.10. The predicted molar refractivity (Wildman–Crippen MR) is 62.3 cm³/mol. The van der Waals surface area contributed by atoms with Crippen LogP contribution in [0.15, 0.2) is 30.3 Å². The number of aryl methyl sites for hydroxylation is 1. The molecule has 0 aliphatic heterocycles. The highest BCUT2D eigenvalue weighted by Gasteiger charge is 2.10. The van der Waals surface area contributed by atoms with E-state index in [1.54, 1.807) is 24.3 Å². The lowest BCUT2D eigenvalue weighted by Gasteiger charge is -1.99. The average molecular weight is 230 g/mol. The summed E-state index contributed by atoms with van der Waals surface area (Å²) in [5.74, 6) is 0.0935. The Morgan fingerprint density at radius 1 is 1.41 bits per heavy atom. The fraction of sp³-hybridized carbons (Fsp3) is 0.167. The SMILES string of the molecule is N#CCCn1nc(-c2ccccc2F)cc1N. The summed E-state index contributed by atoms with van der Waals surface area (Å²) in [7, 11) is 0. The third-order valence-corrected chi connectivity index (χ3v) is 2.40. The predicted octanol–water partition coefficient (Wildman–Crippen LogP) is 2.19. The molecule has 5 heteroatoms. The highest BCUT2D eigenvalue weighted by Crippen LogP contribution is 2.23. The third kappa shape index (κ3) is 2.26. The highest BCUT2D eigenvalue weighted by molar-refractivity contribution is 5.62. The van der Waals surface area contributed by atoms with E-state index in [0.29, 0.717) is 30.0 Å². The van der Waals surface area contributed by atoms with Crippen LogP contribution in [0.5, 0.6) is 0 Å². The Balaban J connectivity index is 2.35. The molecule has 0 saturated heterocycles. The standard InChI is InChI=1S/C12H11FN4/c13-10-5-2-1-4-9(10)11-8-12(15)17(16-11)7-3-6-14/h1-2,4-5,8H,3,7,15H2. The van der Waals surface area contributed by atoms with Crippen molar-refractivity contribution in [3.05, 3.63) is 36.1 Å². The molecule has 4 nitrogen and oxygen atoms in total. The van der Waals surface area contributed by atoms with Crippen molar-refractivity contribution in [2.24, 2.45) is 0 Å². The molecule has 1 heterocycles. The van der Waals surface area contributed by atoms with E-state index >= 15 is 0 Å². The molecule has 2 rings (SSSR count). The molecule has 1 aromatic carbocycles. The average Bonchev–Trinajstić information content (AvgIpc) is 2.68. The Morgan fingerprint density at radius 2 is 2.18 bits per heavy atom. The van der Waals surface area contributed by atoms with Crippen molar-refractivity contribution in [3.8, 4) is 17.3 Å². The molecule has 0 radical (unpaired) electrons. The zero-order valence-corrected chi connectivity index (χ0v) is 9.10. The van der Waals surface area contributed by atoms with E-state index in [1.165, 1.54) is 10.7 Å². The quantitative estimate of drug-likeness (QED) is 0.878. The molecule has 0 aliphatic carbocycles. The first-order valence-electron chi connectivity index (χ1n) is 5.17. The normalized spacial score (nSPS) is 10.1. The molecule has 0 aliphatic rings. The number of aromatic nitrogens is 2. The van der Waals surface area contributed by atoms with Crippen LogP contribution in [0.25, 0.3) is 11.3 Å².